The molecule has 0 bridgehead atoms. The number of unbranched alkanes of at least 4 members (excludes halogenated alkanes) is 10. The van der Waals surface area contributed by atoms with Gasteiger partial charge in [0.1, 0.15) is 6.61 Å². The molecule has 1 aromatic carbocycles. The van der Waals surface area contributed by atoms with Gasteiger partial charge in [0.25, 0.3) is 5.78 Å². The molecule has 5 nitrogen and oxygen atoms in total. The average Bonchev–Trinajstić information content (AvgIpc) is 2.78. The summed E-state index contributed by atoms with van der Waals surface area (Å²) in [5.41, 5.74) is 0.333. The number of carbonyl (C=O) groups is 2. The molecule has 5 heteroatoms. The number of carbonyl (C=O) groups excluding carboxylic acids is 2. The van der Waals surface area contributed by atoms with Crippen molar-refractivity contribution < 1.29 is 23.8 Å². The summed E-state index contributed by atoms with van der Waals surface area (Å²) < 4.78 is 15.8. The maximum absolute atomic E-state index is 11.8. The van der Waals surface area contributed by atoms with E-state index in [9.17, 15) is 9.59 Å². The molecule has 0 aliphatic heterocycles. The molecule has 0 aliphatic carbocycles. The Morgan fingerprint density at radius 2 is 1.13 bits per heavy atom. The van der Waals surface area contributed by atoms with Crippen LogP contribution in [-0.4, -0.2) is 44.8 Å². The topological polar surface area (TPSA) is 61.8 Å². The van der Waals surface area contributed by atoms with Crippen LogP contribution in [0.3, 0.4) is 0 Å². The lowest BCUT2D eigenvalue weighted by atomic mass is 10.1. The van der Waals surface area contributed by atoms with E-state index in [1.54, 1.807) is 30.3 Å². The lowest BCUT2D eigenvalue weighted by Gasteiger charge is -2.07. The van der Waals surface area contributed by atoms with Crippen molar-refractivity contribution in [2.24, 2.45) is 0 Å². The van der Waals surface area contributed by atoms with Crippen molar-refractivity contribution in [3.63, 3.8) is 0 Å². The van der Waals surface area contributed by atoms with E-state index in [2.05, 4.69) is 6.92 Å². The number of Topliss-reactive ketones (excluding diaryl/α,β-unsaturated/α-hetero) is 1. The highest BCUT2D eigenvalue weighted by Crippen LogP contribution is 2.11. The van der Waals surface area contributed by atoms with Gasteiger partial charge in [0, 0.05) is 12.2 Å². The zero-order chi connectivity index (χ0) is 21.7. The summed E-state index contributed by atoms with van der Waals surface area (Å²) in [7, 11) is 0. The van der Waals surface area contributed by atoms with Gasteiger partial charge in [0.2, 0.25) is 0 Å². The number of hydrogen-bond acceptors (Lipinski definition) is 5. The molecule has 0 heterocycles. The Morgan fingerprint density at radius 3 is 1.73 bits per heavy atom. The Kier molecular flexibility index (Phi) is 16.9. The van der Waals surface area contributed by atoms with Crippen molar-refractivity contribution in [2.45, 2.75) is 77.6 Å². The van der Waals surface area contributed by atoms with Gasteiger partial charge < -0.3 is 14.2 Å². The molecule has 30 heavy (non-hydrogen) atoms. The minimum absolute atomic E-state index is 0.0655. The first-order valence-corrected chi connectivity index (χ1v) is 11.7. The highest BCUT2D eigenvalue weighted by atomic mass is 16.6. The minimum atomic E-state index is -0.849. The lowest BCUT2D eigenvalue weighted by Crippen LogP contribution is -2.20. The highest BCUT2D eigenvalue weighted by molar-refractivity contribution is 6.40. The van der Waals surface area contributed by atoms with Crippen molar-refractivity contribution in [3.8, 4) is 0 Å². The van der Waals surface area contributed by atoms with Gasteiger partial charge in [-0.05, 0) is 6.42 Å². The van der Waals surface area contributed by atoms with E-state index in [-0.39, 0.29) is 13.2 Å². The molecular formula is C25H40O5. The number of ether oxygens (including phenoxy) is 3. The first-order chi connectivity index (χ1) is 14.8. The molecule has 0 aliphatic rings. The molecule has 0 radical (unpaired) electrons. The smallest absolute Gasteiger partial charge is 0.379 e. The number of rotatable bonds is 20. The van der Waals surface area contributed by atoms with Crippen LogP contribution in [0.1, 0.15) is 87.9 Å². The first-order valence-electron chi connectivity index (χ1n) is 11.7. The van der Waals surface area contributed by atoms with E-state index in [1.807, 2.05) is 0 Å². The Bertz CT molecular complexity index is 544. The summed E-state index contributed by atoms with van der Waals surface area (Å²) in [5, 5.41) is 0. The number of ketones is 1. The van der Waals surface area contributed by atoms with Crippen LogP contribution in [0.15, 0.2) is 30.3 Å². The maximum atomic E-state index is 11.8. The van der Waals surface area contributed by atoms with Crippen LogP contribution in [0, 0.1) is 0 Å². The fraction of sp³-hybridized carbons (Fsp3) is 0.680. The lowest BCUT2D eigenvalue weighted by molar-refractivity contribution is -0.139. The van der Waals surface area contributed by atoms with E-state index in [1.165, 1.54) is 64.2 Å². The molecule has 0 spiro atoms. The Morgan fingerprint density at radius 1 is 0.633 bits per heavy atom. The van der Waals surface area contributed by atoms with E-state index >= 15 is 0 Å². The monoisotopic (exact) mass is 420 g/mol. The van der Waals surface area contributed by atoms with Crippen LogP contribution in [0.2, 0.25) is 0 Å². The third kappa shape index (κ3) is 14.3. The quantitative estimate of drug-likeness (QED) is 0.116. The number of esters is 1. The largest absolute Gasteiger partial charge is 0.457 e. The Balaban J connectivity index is 1.79. The third-order valence-electron chi connectivity index (χ3n) is 4.95. The van der Waals surface area contributed by atoms with Crippen molar-refractivity contribution in [2.75, 3.05) is 33.0 Å². The molecule has 0 saturated heterocycles. The van der Waals surface area contributed by atoms with Crippen LogP contribution < -0.4 is 0 Å². The highest BCUT2D eigenvalue weighted by Gasteiger charge is 2.16. The van der Waals surface area contributed by atoms with Crippen molar-refractivity contribution in [1.29, 1.82) is 0 Å². The molecular weight excluding hydrogens is 380 g/mol. The molecule has 0 N–H and O–H groups in total. The van der Waals surface area contributed by atoms with Gasteiger partial charge in [0.05, 0.1) is 19.8 Å². The molecule has 1 aromatic rings. The molecule has 0 amide bonds. The molecule has 170 valence electrons. The van der Waals surface area contributed by atoms with Gasteiger partial charge >= 0.3 is 5.97 Å². The van der Waals surface area contributed by atoms with Crippen LogP contribution in [0.4, 0.5) is 0 Å². The van der Waals surface area contributed by atoms with E-state index in [4.69, 9.17) is 14.2 Å². The zero-order valence-corrected chi connectivity index (χ0v) is 18.7. The predicted octanol–water partition coefficient (Wildman–Crippen LogP) is 5.76. The fourth-order valence-electron chi connectivity index (χ4n) is 3.16. The normalized spacial score (nSPS) is 10.8. The zero-order valence-electron chi connectivity index (χ0n) is 18.7. The summed E-state index contributed by atoms with van der Waals surface area (Å²) in [4.78, 5) is 23.5. The summed E-state index contributed by atoms with van der Waals surface area (Å²) >= 11 is 0. The second-order valence-electron chi connectivity index (χ2n) is 7.59. The maximum Gasteiger partial charge on any atom is 0.379 e. The van der Waals surface area contributed by atoms with Gasteiger partial charge in [-0.15, -0.1) is 0 Å². The number of benzene rings is 1. The molecule has 1 rings (SSSR count). The van der Waals surface area contributed by atoms with Crippen molar-refractivity contribution in [3.05, 3.63) is 35.9 Å². The van der Waals surface area contributed by atoms with Crippen molar-refractivity contribution >= 4 is 11.8 Å². The SMILES string of the molecule is CCCCCCCCCCCCCOCCOCCOC(=O)C(=O)c1ccccc1. The minimum Gasteiger partial charge on any atom is -0.457 e. The van der Waals surface area contributed by atoms with E-state index in [0.29, 0.717) is 18.8 Å². The van der Waals surface area contributed by atoms with Gasteiger partial charge in [-0.3, -0.25) is 4.79 Å². The molecule has 0 aromatic heterocycles. The van der Waals surface area contributed by atoms with Crippen LogP contribution in [-0.2, 0) is 19.0 Å². The van der Waals surface area contributed by atoms with Crippen molar-refractivity contribution in [1.82, 2.24) is 0 Å². The Hall–Kier alpha value is -1.72. The summed E-state index contributed by atoms with van der Waals surface area (Å²) in [6.07, 6.45) is 14.6. The van der Waals surface area contributed by atoms with Gasteiger partial charge in [-0.1, -0.05) is 101 Å². The van der Waals surface area contributed by atoms with E-state index < -0.39 is 11.8 Å². The van der Waals surface area contributed by atoms with E-state index in [0.717, 1.165) is 13.0 Å². The standard InChI is InChI=1S/C25H40O5/c1-2-3-4-5-6-7-8-9-10-11-15-18-28-19-20-29-21-22-30-25(27)24(26)23-16-13-12-14-17-23/h12-14,16-17H,2-11,15,18-22H2,1H3. The van der Waals surface area contributed by atoms with Gasteiger partial charge in [-0.25, -0.2) is 4.79 Å². The van der Waals surface area contributed by atoms with Gasteiger partial charge in [-0.2, -0.15) is 0 Å². The second kappa shape index (κ2) is 19.3. The molecule has 0 saturated carbocycles. The number of hydrogen-bond donors (Lipinski definition) is 0. The molecule has 0 unspecified atom stereocenters. The average molecular weight is 421 g/mol. The van der Waals surface area contributed by atoms with Crippen LogP contribution in [0.5, 0.6) is 0 Å². The van der Waals surface area contributed by atoms with Crippen LogP contribution >= 0.6 is 0 Å². The summed E-state index contributed by atoms with van der Waals surface area (Å²) in [6.45, 7) is 4.34. The fourth-order valence-corrected chi connectivity index (χ4v) is 3.16. The summed E-state index contributed by atoms with van der Waals surface area (Å²) in [6, 6.07) is 8.38. The summed E-state index contributed by atoms with van der Waals surface area (Å²) in [5.74, 6) is -1.48. The Labute approximate surface area is 182 Å². The van der Waals surface area contributed by atoms with Crippen LogP contribution in [0.25, 0.3) is 0 Å². The van der Waals surface area contributed by atoms with Gasteiger partial charge in [0.15, 0.2) is 0 Å². The molecule has 0 atom stereocenters. The molecule has 0 fully saturated rings. The second-order valence-corrected chi connectivity index (χ2v) is 7.59. The third-order valence-corrected chi connectivity index (χ3v) is 4.95. The predicted molar refractivity (Wildman–Crippen MR) is 120 cm³/mol. The first kappa shape index (κ1) is 26.3.